The quantitative estimate of drug-likeness (QED) is 0.649. The number of anilines is 1. The summed E-state index contributed by atoms with van der Waals surface area (Å²) in [6.07, 6.45) is 0. The highest BCUT2D eigenvalue weighted by Crippen LogP contribution is 2.02. The molecular weight excluding hydrogens is 234 g/mol. The number of nitrogens with one attached hydrogen (secondary N) is 1. The lowest BCUT2D eigenvalue weighted by Crippen LogP contribution is -2.22. The minimum atomic E-state index is -3.46. The molecular formula is C6H9N7O2S. The molecule has 2 aromatic rings. The summed E-state index contributed by atoms with van der Waals surface area (Å²) in [5, 5.41) is 22.3. The zero-order chi connectivity index (χ0) is 11.6. The summed E-state index contributed by atoms with van der Waals surface area (Å²) in [4.78, 5) is 0. The number of fused-ring (bicyclic) bond motifs is 1. The lowest BCUT2D eigenvalue weighted by molar-refractivity contribution is 0.598. The lowest BCUT2D eigenvalue weighted by Gasteiger charge is -2.03. The highest BCUT2D eigenvalue weighted by Gasteiger charge is 2.03. The summed E-state index contributed by atoms with van der Waals surface area (Å²) >= 11 is 0. The zero-order valence-electron chi connectivity index (χ0n) is 8.11. The molecule has 0 unspecified atom stereocenters. The third-order valence-corrected chi connectivity index (χ3v) is 2.54. The van der Waals surface area contributed by atoms with E-state index in [1.807, 2.05) is 0 Å². The number of hydrogen-bond donors (Lipinski definition) is 2. The normalized spacial score (nSPS) is 11.8. The molecule has 2 rings (SSSR count). The first-order chi connectivity index (χ1) is 7.54. The molecule has 86 valence electrons. The van der Waals surface area contributed by atoms with Gasteiger partial charge in [0.15, 0.2) is 5.65 Å². The molecule has 3 N–H and O–H groups in total. The van der Waals surface area contributed by atoms with E-state index in [0.29, 0.717) is 11.5 Å². The van der Waals surface area contributed by atoms with Crippen LogP contribution >= 0.6 is 0 Å². The minimum absolute atomic E-state index is 0.164. The molecule has 0 bridgehead atoms. The maximum Gasteiger partial charge on any atom is 0.210 e. The Hall–Kier alpha value is -1.81. The molecule has 0 aliphatic carbocycles. The number of aromatic nitrogens is 5. The van der Waals surface area contributed by atoms with Gasteiger partial charge in [0.2, 0.25) is 10.0 Å². The number of nitrogens with two attached hydrogens (primary N) is 1. The van der Waals surface area contributed by atoms with Crippen LogP contribution in [0, 0.1) is 0 Å². The summed E-state index contributed by atoms with van der Waals surface area (Å²) in [5.41, 5.74) is 0.511. The van der Waals surface area contributed by atoms with Crippen LogP contribution in [0.15, 0.2) is 12.1 Å². The van der Waals surface area contributed by atoms with E-state index in [-0.39, 0.29) is 12.3 Å². The van der Waals surface area contributed by atoms with Gasteiger partial charge in [0.1, 0.15) is 5.82 Å². The monoisotopic (exact) mass is 243 g/mol. The first-order valence-corrected chi connectivity index (χ1v) is 6.06. The molecule has 2 heterocycles. The molecule has 16 heavy (non-hydrogen) atoms. The van der Waals surface area contributed by atoms with Crippen LogP contribution in [0.5, 0.6) is 0 Å². The summed E-state index contributed by atoms with van der Waals surface area (Å²) in [5.74, 6) is 0.311. The van der Waals surface area contributed by atoms with Gasteiger partial charge < -0.3 is 5.32 Å². The van der Waals surface area contributed by atoms with Gasteiger partial charge in [0, 0.05) is 6.54 Å². The predicted molar refractivity (Wildman–Crippen MR) is 55.0 cm³/mol. The molecule has 0 fully saturated rings. The number of sulfonamides is 1. The van der Waals surface area contributed by atoms with Crippen molar-refractivity contribution >= 4 is 21.5 Å². The summed E-state index contributed by atoms with van der Waals surface area (Å²) in [7, 11) is -3.46. The van der Waals surface area contributed by atoms with Crippen LogP contribution in [0.25, 0.3) is 5.65 Å². The molecule has 0 atom stereocenters. The third kappa shape index (κ3) is 2.61. The van der Waals surface area contributed by atoms with Gasteiger partial charge in [0.25, 0.3) is 0 Å². The summed E-state index contributed by atoms with van der Waals surface area (Å²) in [6.45, 7) is 0.180. The zero-order valence-corrected chi connectivity index (χ0v) is 8.92. The molecule has 0 aliphatic rings. The molecule has 0 spiro atoms. The van der Waals surface area contributed by atoms with Crippen molar-refractivity contribution in [3.05, 3.63) is 12.1 Å². The van der Waals surface area contributed by atoms with Crippen LogP contribution in [0.2, 0.25) is 0 Å². The van der Waals surface area contributed by atoms with Crippen LogP contribution in [0.1, 0.15) is 0 Å². The van der Waals surface area contributed by atoms with Crippen molar-refractivity contribution in [1.29, 1.82) is 0 Å². The Morgan fingerprint density at radius 3 is 3.00 bits per heavy atom. The van der Waals surface area contributed by atoms with E-state index in [1.165, 1.54) is 4.63 Å². The van der Waals surface area contributed by atoms with Gasteiger partial charge in [-0.2, -0.15) is 0 Å². The SMILES string of the molecule is NS(=O)(=O)CCNc1ccc2nnnn2n1. The van der Waals surface area contributed by atoms with E-state index in [1.54, 1.807) is 12.1 Å². The standard InChI is InChI=1S/C6H9N7O2S/c7-16(14,15)4-3-8-5-1-2-6-9-11-12-13(6)10-5/h1-2H,3-4H2,(H,8,10)(H2,7,14,15). The Labute approximate surface area is 90.7 Å². The van der Waals surface area contributed by atoms with Crippen molar-refractivity contribution in [2.75, 3.05) is 17.6 Å². The molecule has 0 saturated heterocycles. The van der Waals surface area contributed by atoms with E-state index in [0.717, 1.165) is 0 Å². The maximum atomic E-state index is 10.7. The molecule has 9 nitrogen and oxygen atoms in total. The average molecular weight is 243 g/mol. The second-order valence-electron chi connectivity index (χ2n) is 3.04. The lowest BCUT2D eigenvalue weighted by atomic mass is 10.5. The largest absolute Gasteiger partial charge is 0.368 e. The van der Waals surface area contributed by atoms with E-state index in [2.05, 4.69) is 25.9 Å². The van der Waals surface area contributed by atoms with Crippen molar-refractivity contribution in [2.45, 2.75) is 0 Å². The Morgan fingerprint density at radius 2 is 2.25 bits per heavy atom. The van der Waals surface area contributed by atoms with Crippen LogP contribution in [0.4, 0.5) is 5.82 Å². The topological polar surface area (TPSA) is 128 Å². The smallest absolute Gasteiger partial charge is 0.210 e. The molecule has 2 aromatic heterocycles. The van der Waals surface area contributed by atoms with E-state index in [4.69, 9.17) is 5.14 Å². The molecule has 0 radical (unpaired) electrons. The van der Waals surface area contributed by atoms with Gasteiger partial charge in [-0.15, -0.1) is 14.8 Å². The second-order valence-corrected chi connectivity index (χ2v) is 4.77. The van der Waals surface area contributed by atoms with Gasteiger partial charge in [-0.05, 0) is 22.6 Å². The van der Waals surface area contributed by atoms with Crippen molar-refractivity contribution in [3.8, 4) is 0 Å². The average Bonchev–Trinajstić information content (AvgIpc) is 2.62. The van der Waals surface area contributed by atoms with Crippen molar-refractivity contribution < 1.29 is 8.42 Å². The Balaban J connectivity index is 2.04. The third-order valence-electron chi connectivity index (χ3n) is 1.76. The van der Waals surface area contributed by atoms with Gasteiger partial charge >= 0.3 is 0 Å². The maximum absolute atomic E-state index is 10.7. The second kappa shape index (κ2) is 3.98. The number of tetrazole rings is 1. The molecule has 10 heteroatoms. The Bertz CT molecular complexity index is 592. The van der Waals surface area contributed by atoms with Crippen LogP contribution in [0.3, 0.4) is 0 Å². The van der Waals surface area contributed by atoms with Crippen LogP contribution in [-0.2, 0) is 10.0 Å². The summed E-state index contributed by atoms with van der Waals surface area (Å²) < 4.78 is 22.6. The van der Waals surface area contributed by atoms with Crippen molar-refractivity contribution in [2.24, 2.45) is 5.14 Å². The highest BCUT2D eigenvalue weighted by molar-refractivity contribution is 7.89. The fraction of sp³-hybridized carbons (Fsp3) is 0.333. The molecule has 0 aromatic carbocycles. The fourth-order valence-corrected chi connectivity index (χ4v) is 1.45. The van der Waals surface area contributed by atoms with Crippen LogP contribution < -0.4 is 10.5 Å². The molecule has 0 amide bonds. The van der Waals surface area contributed by atoms with E-state index < -0.39 is 10.0 Å². The van der Waals surface area contributed by atoms with Crippen molar-refractivity contribution in [1.82, 2.24) is 25.3 Å². The van der Waals surface area contributed by atoms with Gasteiger partial charge in [-0.1, -0.05) is 0 Å². The van der Waals surface area contributed by atoms with Crippen molar-refractivity contribution in [3.63, 3.8) is 0 Å². The fourth-order valence-electron chi connectivity index (χ4n) is 1.07. The highest BCUT2D eigenvalue weighted by atomic mass is 32.2. The van der Waals surface area contributed by atoms with Gasteiger partial charge in [-0.25, -0.2) is 13.6 Å². The number of rotatable bonds is 4. The van der Waals surface area contributed by atoms with Gasteiger partial charge in [0.05, 0.1) is 5.75 Å². The first kappa shape index (κ1) is 10.7. The van der Waals surface area contributed by atoms with E-state index in [9.17, 15) is 8.42 Å². The predicted octanol–water partition coefficient (Wildman–Crippen LogP) is -1.78. The van der Waals surface area contributed by atoms with Gasteiger partial charge in [-0.3, -0.25) is 0 Å². The van der Waals surface area contributed by atoms with Crippen LogP contribution in [-0.4, -0.2) is 46.0 Å². The summed E-state index contributed by atoms with van der Waals surface area (Å²) in [6, 6.07) is 3.31. The number of primary sulfonamides is 1. The first-order valence-electron chi connectivity index (χ1n) is 4.34. The molecule has 0 saturated carbocycles. The Morgan fingerprint density at radius 1 is 1.44 bits per heavy atom. The van der Waals surface area contributed by atoms with E-state index >= 15 is 0 Å². The molecule has 0 aliphatic heterocycles. The number of nitrogens with zero attached hydrogens (tertiary/aromatic N) is 5. The number of hydrogen-bond acceptors (Lipinski definition) is 7. The Kier molecular flexibility index (Phi) is 2.66. The minimum Gasteiger partial charge on any atom is -0.368 e.